The van der Waals surface area contributed by atoms with Crippen molar-refractivity contribution in [3.63, 3.8) is 0 Å². The van der Waals surface area contributed by atoms with E-state index in [1.165, 1.54) is 12.1 Å². The highest BCUT2D eigenvalue weighted by Crippen LogP contribution is 2.27. The highest BCUT2D eigenvalue weighted by Gasteiger charge is 2.25. The van der Waals surface area contributed by atoms with Crippen molar-refractivity contribution in [2.75, 3.05) is 5.73 Å². The van der Waals surface area contributed by atoms with E-state index < -0.39 is 10.1 Å². The van der Waals surface area contributed by atoms with Gasteiger partial charge in [-0.25, -0.2) is 0 Å². The Morgan fingerprint density at radius 2 is 2.00 bits per heavy atom. The number of Topliss-reactive ketones (excluding diaryl/α,β-unsaturated/α-hetero) is 1. The summed E-state index contributed by atoms with van der Waals surface area (Å²) in [5.41, 5.74) is 6.80. The van der Waals surface area contributed by atoms with E-state index in [1.807, 2.05) is 0 Å². The molecule has 84 valence electrons. The number of hydrogen-bond acceptors (Lipinski definition) is 4. The number of benzene rings is 1. The van der Waals surface area contributed by atoms with Gasteiger partial charge >= 0.3 is 0 Å². The molecule has 16 heavy (non-hydrogen) atoms. The second-order valence-corrected chi connectivity index (χ2v) is 5.01. The van der Waals surface area contributed by atoms with E-state index in [0.29, 0.717) is 16.8 Å². The third-order valence-electron chi connectivity index (χ3n) is 2.36. The summed E-state index contributed by atoms with van der Waals surface area (Å²) in [6, 6.07) is 4.62. The average Bonchev–Trinajstić information content (AvgIpc) is 2.15. The molecule has 0 aliphatic heterocycles. The lowest BCUT2D eigenvalue weighted by molar-refractivity contribution is 0.0992. The quantitative estimate of drug-likeness (QED) is 0.564. The Morgan fingerprint density at radius 1 is 1.31 bits per heavy atom. The summed E-state index contributed by atoms with van der Waals surface area (Å²) < 4.78 is 30.7. The number of fused-ring (bicyclic) bond motifs is 1. The van der Waals surface area contributed by atoms with E-state index >= 15 is 0 Å². The number of ketones is 1. The molecule has 2 rings (SSSR count). The summed E-state index contributed by atoms with van der Waals surface area (Å²) >= 11 is 0. The van der Waals surface area contributed by atoms with Gasteiger partial charge in [0, 0.05) is 17.7 Å². The summed E-state index contributed by atoms with van der Waals surface area (Å²) in [4.78, 5) is 11.3. The largest absolute Gasteiger partial charge is 0.399 e. The van der Waals surface area contributed by atoms with Gasteiger partial charge in [-0.05, 0) is 29.8 Å². The first-order valence-corrected chi connectivity index (χ1v) is 5.93. The van der Waals surface area contributed by atoms with E-state index in [2.05, 4.69) is 0 Å². The number of hydrogen-bond donors (Lipinski definition) is 2. The molecule has 5 nitrogen and oxygen atoms in total. The number of rotatable bonds is 1. The minimum absolute atomic E-state index is 0.296. The van der Waals surface area contributed by atoms with Gasteiger partial charge < -0.3 is 5.73 Å². The summed E-state index contributed by atoms with van der Waals surface area (Å²) in [6.07, 6.45) is 0.957. The number of anilines is 1. The fourth-order valence-corrected chi connectivity index (χ4v) is 2.19. The second-order valence-electron chi connectivity index (χ2n) is 3.53. The standard InChI is InChI=1S/C10H9NO4S/c11-7-1-2-9-6(3-7)4-8(5-10(9)12)16(13,14)15/h1-4H,5,11H2,(H,13,14,15). The van der Waals surface area contributed by atoms with Crippen LogP contribution in [0.2, 0.25) is 0 Å². The van der Waals surface area contributed by atoms with Crippen molar-refractivity contribution in [1.29, 1.82) is 0 Å². The smallest absolute Gasteiger partial charge is 0.291 e. The van der Waals surface area contributed by atoms with Crippen LogP contribution in [-0.4, -0.2) is 18.8 Å². The first kappa shape index (κ1) is 10.8. The van der Waals surface area contributed by atoms with Crippen LogP contribution in [-0.2, 0) is 10.1 Å². The number of carbonyl (C=O) groups excluding carboxylic acids is 1. The van der Waals surface area contributed by atoms with Crippen molar-refractivity contribution >= 4 is 27.7 Å². The molecule has 0 radical (unpaired) electrons. The zero-order valence-electron chi connectivity index (χ0n) is 8.17. The van der Waals surface area contributed by atoms with Crippen LogP contribution in [0, 0.1) is 0 Å². The van der Waals surface area contributed by atoms with Gasteiger partial charge in [-0.15, -0.1) is 0 Å². The molecule has 0 heterocycles. The van der Waals surface area contributed by atoms with Crippen LogP contribution >= 0.6 is 0 Å². The number of allylic oxidation sites excluding steroid dienone is 1. The lowest BCUT2D eigenvalue weighted by Crippen LogP contribution is -2.14. The zero-order chi connectivity index (χ0) is 11.9. The summed E-state index contributed by atoms with van der Waals surface area (Å²) in [7, 11) is -4.31. The molecule has 0 fully saturated rings. The molecule has 0 bridgehead atoms. The van der Waals surface area contributed by atoms with Crippen molar-refractivity contribution in [1.82, 2.24) is 0 Å². The molecule has 1 aromatic rings. The minimum atomic E-state index is -4.31. The van der Waals surface area contributed by atoms with Crippen LogP contribution in [0.25, 0.3) is 6.08 Å². The fourth-order valence-electron chi connectivity index (χ4n) is 1.60. The van der Waals surface area contributed by atoms with Crippen LogP contribution in [0.5, 0.6) is 0 Å². The highest BCUT2D eigenvalue weighted by molar-refractivity contribution is 7.90. The molecule has 1 aromatic carbocycles. The van der Waals surface area contributed by atoms with Crippen molar-refractivity contribution in [3.05, 3.63) is 34.2 Å². The van der Waals surface area contributed by atoms with Crippen molar-refractivity contribution in [3.8, 4) is 0 Å². The van der Waals surface area contributed by atoms with Gasteiger partial charge in [0.2, 0.25) is 0 Å². The normalized spacial score (nSPS) is 15.6. The molecule has 1 aliphatic rings. The predicted molar refractivity (Wildman–Crippen MR) is 59.3 cm³/mol. The van der Waals surface area contributed by atoms with Crippen LogP contribution in [0.15, 0.2) is 23.1 Å². The van der Waals surface area contributed by atoms with Crippen LogP contribution in [0.1, 0.15) is 22.3 Å². The second kappa shape index (κ2) is 3.43. The van der Waals surface area contributed by atoms with Crippen LogP contribution in [0.3, 0.4) is 0 Å². The van der Waals surface area contributed by atoms with Gasteiger partial charge in [-0.1, -0.05) is 0 Å². The van der Waals surface area contributed by atoms with Gasteiger partial charge in [-0.3, -0.25) is 9.35 Å². The molecule has 1 aliphatic carbocycles. The molecule has 0 unspecified atom stereocenters. The van der Waals surface area contributed by atoms with E-state index in [-0.39, 0.29) is 17.1 Å². The lowest BCUT2D eigenvalue weighted by atomic mass is 9.96. The third-order valence-corrected chi connectivity index (χ3v) is 3.28. The van der Waals surface area contributed by atoms with E-state index in [9.17, 15) is 13.2 Å². The molecule has 6 heteroatoms. The fraction of sp³-hybridized carbons (Fsp3) is 0.100. The predicted octanol–water partition coefficient (Wildman–Crippen LogP) is 1.08. The summed E-state index contributed by atoms with van der Waals surface area (Å²) in [5, 5.41) is 0. The van der Waals surface area contributed by atoms with E-state index in [1.54, 1.807) is 12.1 Å². The molecule has 0 aromatic heterocycles. The van der Waals surface area contributed by atoms with Gasteiger partial charge in [0.05, 0.1) is 4.91 Å². The first-order valence-electron chi connectivity index (χ1n) is 4.49. The number of nitrogen functional groups attached to an aromatic ring is 1. The Balaban J connectivity index is 2.65. The van der Waals surface area contributed by atoms with Gasteiger partial charge in [-0.2, -0.15) is 8.42 Å². The minimum Gasteiger partial charge on any atom is -0.399 e. The average molecular weight is 239 g/mol. The molecular weight excluding hydrogens is 230 g/mol. The van der Waals surface area contributed by atoms with Crippen LogP contribution < -0.4 is 5.73 Å². The first-order chi connectivity index (χ1) is 7.38. The van der Waals surface area contributed by atoms with Crippen molar-refractivity contribution in [2.24, 2.45) is 0 Å². The lowest BCUT2D eigenvalue weighted by Gasteiger charge is -2.13. The highest BCUT2D eigenvalue weighted by atomic mass is 32.2. The van der Waals surface area contributed by atoms with Gasteiger partial charge in [0.15, 0.2) is 5.78 Å². The van der Waals surface area contributed by atoms with Crippen molar-refractivity contribution < 1.29 is 17.8 Å². The Morgan fingerprint density at radius 3 is 2.62 bits per heavy atom. The Labute approximate surface area is 92.3 Å². The van der Waals surface area contributed by atoms with E-state index in [0.717, 1.165) is 0 Å². The van der Waals surface area contributed by atoms with E-state index in [4.69, 9.17) is 10.3 Å². The molecule has 0 amide bonds. The van der Waals surface area contributed by atoms with Gasteiger partial charge in [0.1, 0.15) is 0 Å². The molecule has 0 spiro atoms. The molecule has 0 saturated carbocycles. The Kier molecular flexibility index (Phi) is 2.32. The zero-order valence-corrected chi connectivity index (χ0v) is 8.99. The SMILES string of the molecule is Nc1ccc2c(c1)C=C(S(=O)(=O)O)CC2=O. The maximum absolute atomic E-state index is 11.6. The molecule has 3 N–H and O–H groups in total. The summed E-state index contributed by atoms with van der Waals surface area (Å²) in [6.45, 7) is 0. The Hall–Kier alpha value is -1.66. The van der Waals surface area contributed by atoms with Crippen LogP contribution in [0.4, 0.5) is 5.69 Å². The maximum atomic E-state index is 11.6. The Bertz CT molecular complexity index is 601. The molecular formula is C10H9NO4S. The number of nitrogens with two attached hydrogens (primary N) is 1. The monoisotopic (exact) mass is 239 g/mol. The van der Waals surface area contributed by atoms with Gasteiger partial charge in [0.25, 0.3) is 10.1 Å². The topological polar surface area (TPSA) is 97.5 Å². The van der Waals surface area contributed by atoms with Crippen molar-refractivity contribution in [2.45, 2.75) is 6.42 Å². The maximum Gasteiger partial charge on any atom is 0.291 e. The molecule has 0 saturated heterocycles. The third kappa shape index (κ3) is 1.84. The number of carbonyl (C=O) groups is 1. The summed E-state index contributed by atoms with van der Waals surface area (Å²) in [5.74, 6) is -0.342. The molecule has 0 atom stereocenters.